The summed E-state index contributed by atoms with van der Waals surface area (Å²) >= 11 is 0. The average Bonchev–Trinajstić information content (AvgIpc) is 3.42. The van der Waals surface area contributed by atoms with Gasteiger partial charge in [-0.2, -0.15) is 0 Å². The van der Waals surface area contributed by atoms with E-state index in [2.05, 4.69) is 5.32 Å². The molecule has 180 valence electrons. The first-order chi connectivity index (χ1) is 16.8. The molecule has 0 saturated heterocycles. The number of aromatic nitrogens is 1. The molecule has 2 aromatic carbocycles. The highest BCUT2D eigenvalue weighted by atomic mass is 16.7. The molecule has 1 aromatic heterocycles. The predicted molar refractivity (Wildman–Crippen MR) is 129 cm³/mol. The van der Waals surface area contributed by atoms with Crippen molar-refractivity contribution in [3.8, 4) is 11.5 Å². The lowest BCUT2D eigenvalue weighted by Gasteiger charge is -2.11. The molecule has 1 aliphatic rings. The Bertz CT molecular complexity index is 1310. The average molecular weight is 475 g/mol. The quantitative estimate of drug-likeness (QED) is 0.303. The Morgan fingerprint density at radius 3 is 2.51 bits per heavy atom. The van der Waals surface area contributed by atoms with Crippen LogP contribution in [0.25, 0.3) is 6.08 Å². The van der Waals surface area contributed by atoms with Crippen molar-refractivity contribution >= 4 is 23.7 Å². The third-order valence-electron chi connectivity index (χ3n) is 5.63. The lowest BCUT2D eigenvalue weighted by molar-refractivity contribution is -0.139. The molecule has 0 fully saturated rings. The van der Waals surface area contributed by atoms with Crippen LogP contribution in [0.1, 0.15) is 39.8 Å². The van der Waals surface area contributed by atoms with Crippen molar-refractivity contribution in [2.75, 3.05) is 13.4 Å². The SMILES string of the molecule is CC(=O)N/C(=C/c1ccccc1)C(=O)OCC(=O)c1cc(C)n(Cc2ccc3c(c2)OCO3)c1C. The second-order valence-electron chi connectivity index (χ2n) is 8.21. The summed E-state index contributed by atoms with van der Waals surface area (Å²) in [5.74, 6) is -0.113. The number of hydrogen-bond donors (Lipinski definition) is 1. The molecule has 0 spiro atoms. The normalized spacial score (nSPS) is 12.4. The zero-order chi connectivity index (χ0) is 24.9. The molecule has 0 bridgehead atoms. The van der Waals surface area contributed by atoms with Crippen LogP contribution in [-0.4, -0.2) is 35.6 Å². The number of carbonyl (C=O) groups is 3. The summed E-state index contributed by atoms with van der Waals surface area (Å²) in [6, 6.07) is 16.6. The van der Waals surface area contributed by atoms with Crippen molar-refractivity contribution in [3.63, 3.8) is 0 Å². The Morgan fingerprint density at radius 2 is 1.77 bits per heavy atom. The maximum absolute atomic E-state index is 12.9. The maximum atomic E-state index is 12.9. The molecular formula is C27H26N2O6. The fourth-order valence-electron chi connectivity index (χ4n) is 3.89. The van der Waals surface area contributed by atoms with Gasteiger partial charge in [0.05, 0.1) is 0 Å². The molecule has 0 atom stereocenters. The number of carbonyl (C=O) groups excluding carboxylic acids is 3. The number of amides is 1. The summed E-state index contributed by atoms with van der Waals surface area (Å²) in [4.78, 5) is 37.1. The number of hydrogen-bond acceptors (Lipinski definition) is 6. The van der Waals surface area contributed by atoms with Gasteiger partial charge >= 0.3 is 5.97 Å². The summed E-state index contributed by atoms with van der Waals surface area (Å²) in [7, 11) is 0. The van der Waals surface area contributed by atoms with E-state index < -0.39 is 18.5 Å². The van der Waals surface area contributed by atoms with E-state index in [1.165, 1.54) is 13.0 Å². The first-order valence-corrected chi connectivity index (χ1v) is 11.1. The van der Waals surface area contributed by atoms with E-state index in [4.69, 9.17) is 14.2 Å². The van der Waals surface area contributed by atoms with Gasteiger partial charge in [-0.05, 0) is 49.2 Å². The van der Waals surface area contributed by atoms with E-state index in [0.29, 0.717) is 29.2 Å². The Hall–Kier alpha value is -4.33. The molecule has 35 heavy (non-hydrogen) atoms. The molecular weight excluding hydrogens is 448 g/mol. The highest BCUT2D eigenvalue weighted by molar-refractivity contribution is 6.02. The van der Waals surface area contributed by atoms with Gasteiger partial charge in [-0.3, -0.25) is 9.59 Å². The van der Waals surface area contributed by atoms with Gasteiger partial charge < -0.3 is 24.1 Å². The van der Waals surface area contributed by atoms with Crippen LogP contribution in [-0.2, 0) is 20.9 Å². The summed E-state index contributed by atoms with van der Waals surface area (Å²) in [6.45, 7) is 5.38. The number of Topliss-reactive ketones (excluding diaryl/α,β-unsaturated/α-hetero) is 1. The number of ether oxygens (including phenoxy) is 3. The molecule has 1 N–H and O–H groups in total. The van der Waals surface area contributed by atoms with Crippen molar-refractivity contribution < 1.29 is 28.6 Å². The van der Waals surface area contributed by atoms with Gasteiger partial charge in [0.25, 0.3) is 0 Å². The van der Waals surface area contributed by atoms with Gasteiger partial charge in [-0.25, -0.2) is 4.79 Å². The molecule has 8 nitrogen and oxygen atoms in total. The van der Waals surface area contributed by atoms with Crippen LogP contribution in [0.15, 0.2) is 60.3 Å². The molecule has 1 aliphatic heterocycles. The largest absolute Gasteiger partial charge is 0.454 e. The van der Waals surface area contributed by atoms with Gasteiger partial charge in [0.1, 0.15) is 5.70 Å². The highest BCUT2D eigenvalue weighted by Gasteiger charge is 2.20. The Labute approximate surface area is 203 Å². The second kappa shape index (κ2) is 10.3. The molecule has 3 aromatic rings. The van der Waals surface area contributed by atoms with Crippen LogP contribution in [0, 0.1) is 13.8 Å². The molecule has 0 aliphatic carbocycles. The van der Waals surface area contributed by atoms with Gasteiger partial charge in [0.2, 0.25) is 18.5 Å². The zero-order valence-corrected chi connectivity index (χ0v) is 19.8. The molecule has 8 heteroatoms. The lowest BCUT2D eigenvalue weighted by atomic mass is 10.1. The van der Waals surface area contributed by atoms with Crippen LogP contribution in [0.3, 0.4) is 0 Å². The minimum absolute atomic E-state index is 0.0372. The van der Waals surface area contributed by atoms with Crippen molar-refractivity contribution in [1.29, 1.82) is 0 Å². The highest BCUT2D eigenvalue weighted by Crippen LogP contribution is 2.33. The molecule has 1 amide bonds. The van der Waals surface area contributed by atoms with Gasteiger partial charge in [0.15, 0.2) is 18.1 Å². The van der Waals surface area contributed by atoms with E-state index >= 15 is 0 Å². The zero-order valence-electron chi connectivity index (χ0n) is 19.8. The van der Waals surface area contributed by atoms with Crippen LogP contribution < -0.4 is 14.8 Å². The lowest BCUT2D eigenvalue weighted by Crippen LogP contribution is -2.27. The van der Waals surface area contributed by atoms with Gasteiger partial charge in [0, 0.05) is 30.4 Å². The molecule has 2 heterocycles. The number of aryl methyl sites for hydroxylation is 1. The van der Waals surface area contributed by atoms with Crippen LogP contribution in [0.2, 0.25) is 0 Å². The van der Waals surface area contributed by atoms with Crippen LogP contribution >= 0.6 is 0 Å². The standard InChI is InChI=1S/C27H26N2O6/c1-17-11-22(18(2)29(17)14-21-9-10-25-26(13-21)35-16-34-25)24(31)15-33-27(32)23(28-19(3)30)12-20-7-5-4-6-8-20/h4-13H,14-16H2,1-3H3,(H,28,30)/b23-12+. The number of nitrogens with zero attached hydrogens (tertiary/aromatic N) is 1. The third-order valence-corrected chi connectivity index (χ3v) is 5.63. The topological polar surface area (TPSA) is 95.9 Å². The fourth-order valence-corrected chi connectivity index (χ4v) is 3.89. The number of benzene rings is 2. The molecule has 0 saturated carbocycles. The van der Waals surface area contributed by atoms with E-state index in [9.17, 15) is 14.4 Å². The second-order valence-corrected chi connectivity index (χ2v) is 8.21. The minimum Gasteiger partial charge on any atom is -0.454 e. The smallest absolute Gasteiger partial charge is 0.355 e. The van der Waals surface area contributed by atoms with Crippen molar-refractivity contribution in [2.45, 2.75) is 27.3 Å². The van der Waals surface area contributed by atoms with Crippen LogP contribution in [0.4, 0.5) is 0 Å². The van der Waals surface area contributed by atoms with Crippen molar-refractivity contribution in [2.24, 2.45) is 0 Å². The van der Waals surface area contributed by atoms with E-state index in [1.807, 2.05) is 54.8 Å². The molecule has 0 unspecified atom stereocenters. The summed E-state index contributed by atoms with van der Waals surface area (Å²) < 4.78 is 18.1. The fraction of sp³-hybridized carbons (Fsp3) is 0.222. The van der Waals surface area contributed by atoms with E-state index in [1.54, 1.807) is 18.2 Å². The summed E-state index contributed by atoms with van der Waals surface area (Å²) in [6.07, 6.45) is 1.51. The van der Waals surface area contributed by atoms with Gasteiger partial charge in [-0.1, -0.05) is 36.4 Å². The first-order valence-electron chi connectivity index (χ1n) is 11.1. The third kappa shape index (κ3) is 5.60. The van der Waals surface area contributed by atoms with Crippen LogP contribution in [0.5, 0.6) is 11.5 Å². The number of esters is 1. The maximum Gasteiger partial charge on any atom is 0.355 e. The molecule has 4 rings (SSSR count). The number of ketones is 1. The monoisotopic (exact) mass is 474 g/mol. The van der Waals surface area contributed by atoms with E-state index in [-0.39, 0.29) is 18.3 Å². The summed E-state index contributed by atoms with van der Waals surface area (Å²) in [5.41, 5.74) is 3.83. The molecule has 0 radical (unpaired) electrons. The van der Waals surface area contributed by atoms with E-state index in [0.717, 1.165) is 17.0 Å². The Morgan fingerprint density at radius 1 is 1.03 bits per heavy atom. The first kappa shape index (κ1) is 23.8. The predicted octanol–water partition coefficient (Wildman–Crippen LogP) is 3.79. The van der Waals surface area contributed by atoms with Crippen molar-refractivity contribution in [1.82, 2.24) is 9.88 Å². The number of nitrogens with one attached hydrogen (secondary N) is 1. The number of rotatable bonds is 8. The minimum atomic E-state index is -0.786. The Kier molecular flexibility index (Phi) is 7.01. The Balaban J connectivity index is 1.45. The van der Waals surface area contributed by atoms with Gasteiger partial charge in [-0.15, -0.1) is 0 Å². The van der Waals surface area contributed by atoms with Crippen molar-refractivity contribution in [3.05, 3.63) is 88.4 Å². The number of fused-ring (bicyclic) bond motifs is 1. The summed E-state index contributed by atoms with van der Waals surface area (Å²) in [5, 5.41) is 2.47.